The second-order valence-corrected chi connectivity index (χ2v) is 5.65. The molecule has 0 aromatic rings. The molecule has 0 aliphatic carbocycles. The Balaban J connectivity index is 2.59. The van der Waals surface area contributed by atoms with Gasteiger partial charge in [0.25, 0.3) is 0 Å². The number of hydrogen-bond acceptors (Lipinski definition) is 4. The van der Waals surface area contributed by atoms with Crippen LogP contribution in [0.2, 0.25) is 0 Å². The molecule has 1 amide bonds. The molecule has 0 spiro atoms. The van der Waals surface area contributed by atoms with Crippen LogP contribution in [0.5, 0.6) is 0 Å². The van der Waals surface area contributed by atoms with Gasteiger partial charge >= 0.3 is 12.1 Å². The van der Waals surface area contributed by atoms with E-state index in [1.165, 1.54) is 0 Å². The lowest BCUT2D eigenvalue weighted by molar-refractivity contribution is -0.139. The summed E-state index contributed by atoms with van der Waals surface area (Å²) in [7, 11) is 0. The molecule has 0 radical (unpaired) electrons. The number of nitrogens with zero attached hydrogens (tertiary/aromatic N) is 1. The highest BCUT2D eigenvalue weighted by molar-refractivity contribution is 5.73. The van der Waals surface area contributed by atoms with Gasteiger partial charge in [0.2, 0.25) is 0 Å². The minimum atomic E-state index is -1.04. The highest BCUT2D eigenvalue weighted by Crippen LogP contribution is 2.23. The van der Waals surface area contributed by atoms with Crippen molar-refractivity contribution in [2.24, 2.45) is 5.73 Å². The van der Waals surface area contributed by atoms with Gasteiger partial charge in [-0.25, -0.2) is 4.79 Å². The number of carboxylic acid groups (broad SMARTS) is 1. The number of ether oxygens (including phenoxy) is 1. The SMILES string of the molecule is CC(C)(C)OC(=O)N1CCCC1CC(N)C(=O)O. The van der Waals surface area contributed by atoms with Crippen molar-refractivity contribution in [3.05, 3.63) is 0 Å². The third-order valence-corrected chi connectivity index (χ3v) is 2.85. The number of likely N-dealkylation sites (tertiary alicyclic amines) is 1. The fraction of sp³-hybridized carbons (Fsp3) is 0.833. The van der Waals surface area contributed by atoms with Gasteiger partial charge in [0, 0.05) is 12.6 Å². The molecule has 1 aliphatic rings. The highest BCUT2D eigenvalue weighted by atomic mass is 16.6. The molecule has 1 aliphatic heterocycles. The average Bonchev–Trinajstić information content (AvgIpc) is 2.62. The van der Waals surface area contributed by atoms with Gasteiger partial charge in [-0.2, -0.15) is 0 Å². The second-order valence-electron chi connectivity index (χ2n) is 5.65. The van der Waals surface area contributed by atoms with Crippen LogP contribution in [0.3, 0.4) is 0 Å². The van der Waals surface area contributed by atoms with Gasteiger partial charge in [0.05, 0.1) is 0 Å². The Morgan fingerprint density at radius 3 is 2.61 bits per heavy atom. The van der Waals surface area contributed by atoms with Crippen LogP contribution in [0.25, 0.3) is 0 Å². The van der Waals surface area contributed by atoms with Crippen molar-refractivity contribution in [1.29, 1.82) is 0 Å². The van der Waals surface area contributed by atoms with Crippen molar-refractivity contribution in [2.45, 2.75) is 57.7 Å². The van der Waals surface area contributed by atoms with E-state index in [2.05, 4.69) is 0 Å². The standard InChI is InChI=1S/C12H22N2O4/c1-12(2,3)18-11(17)14-6-4-5-8(14)7-9(13)10(15)16/h8-9H,4-7,13H2,1-3H3,(H,15,16). The summed E-state index contributed by atoms with van der Waals surface area (Å²) in [5.74, 6) is -1.04. The van der Waals surface area contributed by atoms with Crippen LogP contribution < -0.4 is 5.73 Å². The van der Waals surface area contributed by atoms with Crippen molar-refractivity contribution >= 4 is 12.1 Å². The summed E-state index contributed by atoms with van der Waals surface area (Å²) >= 11 is 0. The molecule has 1 saturated heterocycles. The zero-order valence-corrected chi connectivity index (χ0v) is 11.2. The Labute approximate surface area is 107 Å². The predicted octanol–water partition coefficient (Wildman–Crippen LogP) is 1.19. The summed E-state index contributed by atoms with van der Waals surface area (Å²) in [6, 6.07) is -1.07. The van der Waals surface area contributed by atoms with Crippen LogP contribution in [-0.2, 0) is 9.53 Å². The molecular weight excluding hydrogens is 236 g/mol. The van der Waals surface area contributed by atoms with E-state index < -0.39 is 17.6 Å². The Morgan fingerprint density at radius 1 is 1.50 bits per heavy atom. The Bertz CT molecular complexity index is 325. The summed E-state index contributed by atoms with van der Waals surface area (Å²) in [4.78, 5) is 24.3. The van der Waals surface area contributed by atoms with E-state index in [0.717, 1.165) is 12.8 Å². The van der Waals surface area contributed by atoms with Crippen molar-refractivity contribution in [1.82, 2.24) is 4.90 Å². The molecule has 1 fully saturated rings. The van der Waals surface area contributed by atoms with Crippen LogP contribution in [-0.4, -0.2) is 46.3 Å². The molecule has 3 N–H and O–H groups in total. The number of aliphatic carboxylic acids is 1. The molecule has 18 heavy (non-hydrogen) atoms. The Hall–Kier alpha value is -1.30. The summed E-state index contributed by atoms with van der Waals surface area (Å²) in [6.07, 6.45) is 1.52. The lowest BCUT2D eigenvalue weighted by atomic mass is 10.1. The summed E-state index contributed by atoms with van der Waals surface area (Å²) in [6.45, 7) is 6.02. The number of hydrogen-bond donors (Lipinski definition) is 2. The number of nitrogens with two attached hydrogens (primary N) is 1. The number of carbonyl (C=O) groups is 2. The summed E-state index contributed by atoms with van der Waals surface area (Å²) in [5.41, 5.74) is 4.97. The topological polar surface area (TPSA) is 92.9 Å². The second kappa shape index (κ2) is 5.56. The van der Waals surface area contributed by atoms with E-state index in [-0.39, 0.29) is 18.6 Å². The van der Waals surface area contributed by atoms with E-state index in [1.807, 2.05) is 0 Å². The van der Waals surface area contributed by atoms with Gasteiger partial charge < -0.3 is 20.5 Å². The first-order valence-corrected chi connectivity index (χ1v) is 6.18. The van der Waals surface area contributed by atoms with Gasteiger partial charge in [-0.05, 0) is 40.0 Å². The zero-order chi connectivity index (χ0) is 13.9. The highest BCUT2D eigenvalue weighted by Gasteiger charge is 2.34. The van der Waals surface area contributed by atoms with E-state index >= 15 is 0 Å². The maximum atomic E-state index is 11.9. The third kappa shape index (κ3) is 4.18. The number of carbonyl (C=O) groups excluding carboxylic acids is 1. The molecule has 2 atom stereocenters. The first-order chi connectivity index (χ1) is 8.20. The molecule has 0 bridgehead atoms. The smallest absolute Gasteiger partial charge is 0.410 e. The molecule has 6 nitrogen and oxygen atoms in total. The van der Waals surface area contributed by atoms with Crippen molar-refractivity contribution in [2.75, 3.05) is 6.54 Å². The Kier molecular flexibility index (Phi) is 4.56. The van der Waals surface area contributed by atoms with Crippen LogP contribution in [0.4, 0.5) is 4.79 Å². The maximum Gasteiger partial charge on any atom is 0.410 e. The molecule has 1 heterocycles. The molecular formula is C12H22N2O4. The summed E-state index contributed by atoms with van der Waals surface area (Å²) < 4.78 is 5.29. The van der Waals surface area contributed by atoms with E-state index in [4.69, 9.17) is 15.6 Å². The molecule has 104 valence electrons. The predicted molar refractivity (Wildman–Crippen MR) is 66.2 cm³/mol. The average molecular weight is 258 g/mol. The van der Waals surface area contributed by atoms with Crippen molar-refractivity contribution in [3.8, 4) is 0 Å². The lowest BCUT2D eigenvalue weighted by Gasteiger charge is -2.29. The van der Waals surface area contributed by atoms with Gasteiger partial charge in [-0.3, -0.25) is 4.79 Å². The Morgan fingerprint density at radius 2 is 2.11 bits per heavy atom. The first-order valence-electron chi connectivity index (χ1n) is 6.18. The van der Waals surface area contributed by atoms with Gasteiger partial charge in [-0.1, -0.05) is 0 Å². The monoisotopic (exact) mass is 258 g/mol. The van der Waals surface area contributed by atoms with Gasteiger partial charge in [0.15, 0.2) is 0 Å². The quantitative estimate of drug-likeness (QED) is 0.793. The third-order valence-electron chi connectivity index (χ3n) is 2.85. The van der Waals surface area contributed by atoms with Crippen LogP contribution in [0, 0.1) is 0 Å². The molecule has 0 saturated carbocycles. The minimum Gasteiger partial charge on any atom is -0.480 e. The molecule has 0 aromatic carbocycles. The minimum absolute atomic E-state index is 0.133. The van der Waals surface area contributed by atoms with Crippen molar-refractivity contribution < 1.29 is 19.4 Å². The van der Waals surface area contributed by atoms with Crippen LogP contribution in [0.1, 0.15) is 40.0 Å². The van der Waals surface area contributed by atoms with E-state index in [0.29, 0.717) is 6.54 Å². The van der Waals surface area contributed by atoms with Crippen LogP contribution >= 0.6 is 0 Å². The number of carboxylic acids is 1. The molecule has 2 unspecified atom stereocenters. The largest absolute Gasteiger partial charge is 0.480 e. The fourth-order valence-corrected chi connectivity index (χ4v) is 2.04. The normalized spacial score (nSPS) is 21.8. The molecule has 0 aromatic heterocycles. The first kappa shape index (κ1) is 14.8. The van der Waals surface area contributed by atoms with Crippen LogP contribution in [0.15, 0.2) is 0 Å². The van der Waals surface area contributed by atoms with Gasteiger partial charge in [0.1, 0.15) is 11.6 Å². The number of amides is 1. The lowest BCUT2D eigenvalue weighted by Crippen LogP contribution is -2.43. The van der Waals surface area contributed by atoms with Crippen molar-refractivity contribution in [3.63, 3.8) is 0 Å². The maximum absolute atomic E-state index is 11.9. The van der Waals surface area contributed by atoms with E-state index in [1.54, 1.807) is 25.7 Å². The molecule has 6 heteroatoms. The molecule has 1 rings (SSSR count). The fourth-order valence-electron chi connectivity index (χ4n) is 2.04. The summed E-state index contributed by atoms with van der Waals surface area (Å²) in [5, 5.41) is 8.79. The van der Waals surface area contributed by atoms with Gasteiger partial charge in [-0.15, -0.1) is 0 Å². The number of rotatable bonds is 3. The van der Waals surface area contributed by atoms with E-state index in [9.17, 15) is 9.59 Å². The zero-order valence-electron chi connectivity index (χ0n) is 11.2.